The Hall–Kier alpha value is -0.0800. The predicted molar refractivity (Wildman–Crippen MR) is 48.7 cm³/mol. The van der Waals surface area contributed by atoms with Gasteiger partial charge in [0.05, 0.1) is 6.10 Å². The Balaban J connectivity index is 2.80. The second-order valence-electron chi connectivity index (χ2n) is 3.09. The van der Waals surface area contributed by atoms with Crippen LogP contribution in [0.1, 0.15) is 39.5 Å². The van der Waals surface area contributed by atoms with Crippen molar-refractivity contribution in [3.63, 3.8) is 0 Å². The van der Waals surface area contributed by atoms with Crippen molar-refractivity contribution in [3.05, 3.63) is 0 Å². The number of aliphatic hydroxyl groups excluding tert-OH is 1. The van der Waals surface area contributed by atoms with Crippen LogP contribution in [0, 0.1) is 0 Å². The molecule has 0 spiro atoms. The average molecular weight is 159 g/mol. The van der Waals surface area contributed by atoms with E-state index < -0.39 is 0 Å². The minimum absolute atomic E-state index is 0.136. The first kappa shape index (κ1) is 10.9. The number of rotatable bonds is 7. The van der Waals surface area contributed by atoms with Crippen molar-refractivity contribution in [2.75, 3.05) is 13.1 Å². The molecule has 0 aliphatic carbocycles. The van der Waals surface area contributed by atoms with E-state index in [4.69, 9.17) is 5.11 Å². The molecule has 0 bridgehead atoms. The van der Waals surface area contributed by atoms with Gasteiger partial charge < -0.3 is 10.4 Å². The van der Waals surface area contributed by atoms with Crippen LogP contribution >= 0.6 is 0 Å². The van der Waals surface area contributed by atoms with Gasteiger partial charge in [0.2, 0.25) is 0 Å². The van der Waals surface area contributed by atoms with Crippen LogP contribution in [0.15, 0.2) is 0 Å². The molecule has 0 aliphatic heterocycles. The van der Waals surface area contributed by atoms with Crippen molar-refractivity contribution < 1.29 is 5.11 Å². The maximum Gasteiger partial charge on any atom is 0.0512 e. The van der Waals surface area contributed by atoms with Gasteiger partial charge in [-0.1, -0.05) is 13.3 Å². The van der Waals surface area contributed by atoms with Gasteiger partial charge in [0.15, 0.2) is 0 Å². The minimum atomic E-state index is -0.136. The van der Waals surface area contributed by atoms with Crippen molar-refractivity contribution in [2.24, 2.45) is 0 Å². The van der Waals surface area contributed by atoms with Crippen LogP contribution < -0.4 is 5.32 Å². The van der Waals surface area contributed by atoms with Gasteiger partial charge in [-0.05, 0) is 39.3 Å². The highest BCUT2D eigenvalue weighted by Gasteiger charge is 1.93. The zero-order valence-electron chi connectivity index (χ0n) is 7.77. The third-order valence-electron chi connectivity index (χ3n) is 1.68. The monoisotopic (exact) mass is 159 g/mol. The van der Waals surface area contributed by atoms with E-state index in [-0.39, 0.29) is 6.10 Å². The lowest BCUT2D eigenvalue weighted by molar-refractivity contribution is 0.181. The summed E-state index contributed by atoms with van der Waals surface area (Å²) >= 11 is 0. The maximum atomic E-state index is 8.93. The fraction of sp³-hybridized carbons (Fsp3) is 1.00. The molecule has 0 fully saturated rings. The standard InChI is InChI=1S/C9H21NO/c1-3-4-7-10-8-5-6-9(2)11/h9-11H,3-8H2,1-2H3. The smallest absolute Gasteiger partial charge is 0.0512 e. The fourth-order valence-electron chi connectivity index (χ4n) is 0.949. The van der Waals surface area contributed by atoms with Crippen LogP contribution in [0.2, 0.25) is 0 Å². The summed E-state index contributed by atoms with van der Waals surface area (Å²) in [6.07, 6.45) is 4.38. The summed E-state index contributed by atoms with van der Waals surface area (Å²) in [5, 5.41) is 12.3. The Morgan fingerprint density at radius 1 is 1.27 bits per heavy atom. The second-order valence-corrected chi connectivity index (χ2v) is 3.09. The lowest BCUT2D eigenvalue weighted by Crippen LogP contribution is -2.17. The van der Waals surface area contributed by atoms with Crippen molar-refractivity contribution in [1.29, 1.82) is 0 Å². The van der Waals surface area contributed by atoms with Gasteiger partial charge in [0.1, 0.15) is 0 Å². The summed E-state index contributed by atoms with van der Waals surface area (Å²) in [6.45, 7) is 6.20. The highest BCUT2D eigenvalue weighted by atomic mass is 16.3. The van der Waals surface area contributed by atoms with E-state index in [1.54, 1.807) is 0 Å². The summed E-state index contributed by atoms with van der Waals surface area (Å²) in [5.74, 6) is 0. The van der Waals surface area contributed by atoms with Crippen molar-refractivity contribution in [1.82, 2.24) is 5.32 Å². The van der Waals surface area contributed by atoms with Gasteiger partial charge in [0, 0.05) is 0 Å². The first-order valence-corrected chi connectivity index (χ1v) is 4.66. The zero-order chi connectivity index (χ0) is 8.53. The molecule has 0 amide bonds. The molecule has 0 rings (SSSR count). The van der Waals surface area contributed by atoms with Gasteiger partial charge >= 0.3 is 0 Å². The van der Waals surface area contributed by atoms with E-state index in [0.717, 1.165) is 25.9 Å². The summed E-state index contributed by atoms with van der Waals surface area (Å²) < 4.78 is 0. The number of aliphatic hydroxyl groups is 1. The molecule has 2 nitrogen and oxygen atoms in total. The average Bonchev–Trinajstić information content (AvgIpc) is 1.96. The molecule has 1 unspecified atom stereocenters. The van der Waals surface area contributed by atoms with Crippen LogP contribution in [0.25, 0.3) is 0 Å². The summed E-state index contributed by atoms with van der Waals surface area (Å²) in [7, 11) is 0. The minimum Gasteiger partial charge on any atom is -0.393 e. The normalized spacial score (nSPS) is 13.4. The molecule has 11 heavy (non-hydrogen) atoms. The van der Waals surface area contributed by atoms with Gasteiger partial charge in [-0.2, -0.15) is 0 Å². The van der Waals surface area contributed by atoms with Crippen LogP contribution in [-0.2, 0) is 0 Å². The summed E-state index contributed by atoms with van der Waals surface area (Å²) in [5.41, 5.74) is 0. The highest BCUT2D eigenvalue weighted by molar-refractivity contribution is 4.51. The molecule has 0 aromatic carbocycles. The molecule has 0 radical (unpaired) electrons. The molecule has 0 saturated heterocycles. The Morgan fingerprint density at radius 3 is 2.45 bits per heavy atom. The number of hydrogen-bond acceptors (Lipinski definition) is 2. The first-order chi connectivity index (χ1) is 5.27. The molecule has 2 heteroatoms. The predicted octanol–water partition coefficient (Wildman–Crippen LogP) is 1.54. The molecule has 0 heterocycles. The summed E-state index contributed by atoms with van der Waals surface area (Å²) in [6, 6.07) is 0. The molecule has 0 aromatic heterocycles. The van der Waals surface area contributed by atoms with Gasteiger partial charge in [-0.3, -0.25) is 0 Å². The van der Waals surface area contributed by atoms with Crippen molar-refractivity contribution in [3.8, 4) is 0 Å². The topological polar surface area (TPSA) is 32.3 Å². The molecule has 0 aliphatic rings. The molecular formula is C9H21NO. The largest absolute Gasteiger partial charge is 0.393 e. The van der Waals surface area contributed by atoms with E-state index in [2.05, 4.69) is 12.2 Å². The quantitative estimate of drug-likeness (QED) is 0.552. The SMILES string of the molecule is CCCCNCCCC(C)O. The van der Waals surface area contributed by atoms with Crippen molar-refractivity contribution in [2.45, 2.75) is 45.6 Å². The Morgan fingerprint density at radius 2 is 1.91 bits per heavy atom. The lowest BCUT2D eigenvalue weighted by Gasteiger charge is -2.04. The molecular weight excluding hydrogens is 138 g/mol. The Kier molecular flexibility index (Phi) is 7.96. The Labute approximate surface area is 70.0 Å². The number of hydrogen-bond donors (Lipinski definition) is 2. The molecule has 68 valence electrons. The number of nitrogens with one attached hydrogen (secondary N) is 1. The van der Waals surface area contributed by atoms with E-state index in [1.165, 1.54) is 12.8 Å². The highest BCUT2D eigenvalue weighted by Crippen LogP contribution is 1.93. The lowest BCUT2D eigenvalue weighted by atomic mass is 10.2. The van der Waals surface area contributed by atoms with Gasteiger partial charge in [0.25, 0.3) is 0 Å². The van der Waals surface area contributed by atoms with E-state index >= 15 is 0 Å². The number of unbranched alkanes of at least 4 members (excludes halogenated alkanes) is 1. The molecule has 1 atom stereocenters. The molecule has 0 saturated carbocycles. The zero-order valence-corrected chi connectivity index (χ0v) is 7.77. The molecule has 2 N–H and O–H groups in total. The third-order valence-corrected chi connectivity index (χ3v) is 1.68. The van der Waals surface area contributed by atoms with Crippen molar-refractivity contribution >= 4 is 0 Å². The van der Waals surface area contributed by atoms with Gasteiger partial charge in [-0.15, -0.1) is 0 Å². The second kappa shape index (κ2) is 8.02. The van der Waals surface area contributed by atoms with E-state index in [0.29, 0.717) is 0 Å². The van der Waals surface area contributed by atoms with Crippen LogP contribution in [0.4, 0.5) is 0 Å². The fourth-order valence-corrected chi connectivity index (χ4v) is 0.949. The van der Waals surface area contributed by atoms with E-state index in [1.807, 2.05) is 6.92 Å². The van der Waals surface area contributed by atoms with Crippen LogP contribution in [0.5, 0.6) is 0 Å². The Bertz CT molecular complexity index is 74.0. The molecule has 0 aromatic rings. The van der Waals surface area contributed by atoms with Gasteiger partial charge in [-0.25, -0.2) is 0 Å². The van der Waals surface area contributed by atoms with Crippen LogP contribution in [0.3, 0.4) is 0 Å². The van der Waals surface area contributed by atoms with Crippen LogP contribution in [-0.4, -0.2) is 24.3 Å². The summed E-state index contributed by atoms with van der Waals surface area (Å²) in [4.78, 5) is 0. The third kappa shape index (κ3) is 9.92. The van der Waals surface area contributed by atoms with E-state index in [9.17, 15) is 0 Å². The first-order valence-electron chi connectivity index (χ1n) is 4.66. The maximum absolute atomic E-state index is 8.93.